The molecule has 0 saturated carbocycles. The molecule has 3 heteroatoms. The van der Waals surface area contributed by atoms with E-state index in [9.17, 15) is 0 Å². The van der Waals surface area contributed by atoms with Crippen LogP contribution in [0.1, 0.15) is 44.5 Å². The highest BCUT2D eigenvalue weighted by molar-refractivity contribution is 7.26. The van der Waals surface area contributed by atoms with Crippen molar-refractivity contribution in [3.05, 3.63) is 305 Å². The molecule has 332 valence electrons. The second-order valence-corrected chi connectivity index (χ2v) is 20.1. The Hall–Kier alpha value is -8.76. The maximum Gasteiger partial charge on any atom is 0.140 e. The maximum absolute atomic E-state index is 7.37. The second-order valence-electron chi connectivity index (χ2n) is 19.0. The molecule has 3 aliphatic rings. The minimum Gasteiger partial charge on any atom is -0.456 e. The van der Waals surface area contributed by atoms with Crippen LogP contribution in [0.15, 0.2) is 261 Å². The van der Waals surface area contributed by atoms with Crippen molar-refractivity contribution in [1.29, 1.82) is 0 Å². The van der Waals surface area contributed by atoms with Crippen LogP contribution in [-0.2, 0) is 10.8 Å². The highest BCUT2D eigenvalue weighted by Crippen LogP contribution is 2.65. The molecule has 11 aromatic carbocycles. The van der Waals surface area contributed by atoms with Crippen LogP contribution in [0.3, 0.4) is 0 Å². The predicted molar refractivity (Wildman–Crippen MR) is 294 cm³/mol. The van der Waals surface area contributed by atoms with E-state index in [1.807, 2.05) is 11.3 Å². The number of para-hydroxylation sites is 1. The lowest BCUT2D eigenvalue weighted by Gasteiger charge is -2.41. The topological polar surface area (TPSA) is 12.5 Å². The molecule has 0 amide bonds. The van der Waals surface area contributed by atoms with Gasteiger partial charge in [-0.05, 0) is 98.1 Å². The van der Waals surface area contributed by atoms with E-state index in [0.717, 1.165) is 50.8 Å². The number of hydrogen-bond donors (Lipinski definition) is 0. The first-order valence-corrected chi connectivity index (χ1v) is 25.3. The van der Waals surface area contributed by atoms with Crippen LogP contribution in [-0.4, -0.2) is 0 Å². The van der Waals surface area contributed by atoms with Gasteiger partial charge in [-0.1, -0.05) is 218 Å². The molecule has 0 fully saturated rings. The fraction of sp³-hybridized carbons (Fsp3) is 0.0294. The van der Waals surface area contributed by atoms with E-state index in [4.69, 9.17) is 4.74 Å². The largest absolute Gasteiger partial charge is 0.456 e. The number of benzene rings is 11. The van der Waals surface area contributed by atoms with Crippen molar-refractivity contribution in [3.8, 4) is 44.9 Å². The Labute approximate surface area is 417 Å². The zero-order chi connectivity index (χ0) is 46.7. The van der Waals surface area contributed by atoms with Gasteiger partial charge >= 0.3 is 0 Å². The Morgan fingerprint density at radius 1 is 0.352 bits per heavy atom. The maximum atomic E-state index is 7.37. The summed E-state index contributed by atoms with van der Waals surface area (Å²) in [4.78, 5) is 2.59. The number of fused-ring (bicyclic) bond motifs is 15. The summed E-state index contributed by atoms with van der Waals surface area (Å²) in [7, 11) is 0. The van der Waals surface area contributed by atoms with Crippen LogP contribution in [0, 0.1) is 0 Å². The van der Waals surface area contributed by atoms with Crippen LogP contribution in [0.5, 0.6) is 11.5 Å². The Bertz CT molecular complexity index is 4010. The van der Waals surface area contributed by atoms with E-state index < -0.39 is 10.8 Å². The normalized spacial score (nSPS) is 14.0. The molecule has 71 heavy (non-hydrogen) atoms. The van der Waals surface area contributed by atoms with Crippen molar-refractivity contribution in [2.45, 2.75) is 10.8 Å². The molecule has 2 nitrogen and oxygen atoms in total. The summed E-state index contributed by atoms with van der Waals surface area (Å²) < 4.78 is 9.89. The van der Waals surface area contributed by atoms with Gasteiger partial charge in [0.15, 0.2) is 0 Å². The van der Waals surface area contributed by atoms with E-state index in [1.54, 1.807) is 0 Å². The van der Waals surface area contributed by atoms with Gasteiger partial charge in [0, 0.05) is 48.1 Å². The minimum absolute atomic E-state index is 0.582. The molecule has 0 bridgehead atoms. The van der Waals surface area contributed by atoms with Gasteiger partial charge in [-0.15, -0.1) is 11.3 Å². The number of ether oxygens (including phenoxy) is 1. The van der Waals surface area contributed by atoms with Gasteiger partial charge in [-0.25, -0.2) is 0 Å². The minimum atomic E-state index is -0.690. The average Bonchev–Trinajstić information content (AvgIpc) is 4.08. The smallest absolute Gasteiger partial charge is 0.140 e. The van der Waals surface area contributed by atoms with Crippen molar-refractivity contribution < 1.29 is 4.74 Å². The average molecular weight is 922 g/mol. The van der Waals surface area contributed by atoms with E-state index >= 15 is 0 Å². The van der Waals surface area contributed by atoms with Crippen molar-refractivity contribution in [2.75, 3.05) is 4.90 Å². The van der Waals surface area contributed by atoms with Gasteiger partial charge in [0.25, 0.3) is 0 Å². The Kier molecular flexibility index (Phi) is 8.69. The fourth-order valence-corrected chi connectivity index (χ4v) is 14.0. The number of rotatable bonds is 6. The molecule has 0 saturated heterocycles. The number of thiophene rings is 1. The van der Waals surface area contributed by atoms with Gasteiger partial charge in [0.2, 0.25) is 0 Å². The van der Waals surface area contributed by atoms with Crippen LogP contribution < -0.4 is 9.64 Å². The SMILES string of the molecule is c1ccc(-c2cc(N(c3cccc4c3-c3ccccc3C4(c3ccccc3)c3ccccc3)c3cccc4sc5ccccc5c34)cc3c2Oc2ccccc2C32c3ccccc3-c3ccccc32)cc1. The van der Waals surface area contributed by atoms with Crippen molar-refractivity contribution in [1.82, 2.24) is 0 Å². The van der Waals surface area contributed by atoms with E-state index in [1.165, 1.54) is 75.8 Å². The van der Waals surface area contributed by atoms with Crippen LogP contribution in [0.25, 0.3) is 53.6 Å². The summed E-state index contributed by atoms with van der Waals surface area (Å²) in [6.07, 6.45) is 0. The first-order valence-electron chi connectivity index (χ1n) is 24.5. The molecule has 12 aromatic rings. The monoisotopic (exact) mass is 921 g/mol. The lowest BCUT2D eigenvalue weighted by molar-refractivity contribution is 0.438. The molecule has 0 N–H and O–H groups in total. The van der Waals surface area contributed by atoms with Crippen LogP contribution in [0.4, 0.5) is 17.1 Å². The third-order valence-electron chi connectivity index (χ3n) is 15.6. The summed E-state index contributed by atoms with van der Waals surface area (Å²) in [6.45, 7) is 0. The van der Waals surface area contributed by atoms with Crippen LogP contribution in [0.2, 0.25) is 0 Å². The molecule has 0 radical (unpaired) electrons. The first kappa shape index (κ1) is 40.2. The van der Waals surface area contributed by atoms with Gasteiger partial charge < -0.3 is 9.64 Å². The predicted octanol–water partition coefficient (Wildman–Crippen LogP) is 18.0. The highest BCUT2D eigenvalue weighted by atomic mass is 32.1. The lowest BCUT2D eigenvalue weighted by atomic mass is 9.65. The molecule has 2 aliphatic carbocycles. The third-order valence-corrected chi connectivity index (χ3v) is 16.7. The molecule has 2 heterocycles. The zero-order valence-corrected chi connectivity index (χ0v) is 39.4. The molecule has 1 aromatic heterocycles. The molecule has 0 atom stereocenters. The molecule has 1 spiro atoms. The standard InChI is InChI=1S/C68H43NOS/c1-4-22-44(23-5-1)52-42-47(43-58-66(52)70-61-39-18-17-35-56(61)68(58)53-32-14-10-28-48(53)49-29-11-15-33-54(49)68)69(60-38-21-41-63-65(60)51-31-13-19-40-62(51)71-63)59-37-20-36-57-64(59)50-30-12-16-34-55(50)67(57,45-24-6-2-7-25-45)46-26-8-3-9-27-46/h1-43H. The summed E-state index contributed by atoms with van der Waals surface area (Å²) in [5.74, 6) is 1.75. The van der Waals surface area contributed by atoms with Gasteiger partial charge in [0.1, 0.15) is 11.5 Å². The third kappa shape index (κ3) is 5.47. The molecular weight excluding hydrogens is 879 g/mol. The van der Waals surface area contributed by atoms with Crippen LogP contribution >= 0.6 is 11.3 Å². The lowest BCUT2D eigenvalue weighted by Crippen LogP contribution is -2.32. The Morgan fingerprint density at radius 2 is 0.873 bits per heavy atom. The fourth-order valence-electron chi connectivity index (χ4n) is 12.9. The summed E-state index contributed by atoms with van der Waals surface area (Å²) in [5.41, 5.74) is 18.9. The second kappa shape index (κ2) is 15.4. The van der Waals surface area contributed by atoms with Crippen molar-refractivity contribution in [3.63, 3.8) is 0 Å². The summed E-state index contributed by atoms with van der Waals surface area (Å²) >= 11 is 1.86. The van der Waals surface area contributed by atoms with E-state index in [0.29, 0.717) is 0 Å². The van der Waals surface area contributed by atoms with Crippen molar-refractivity contribution in [2.24, 2.45) is 0 Å². The number of anilines is 3. The van der Waals surface area contributed by atoms with Gasteiger partial charge in [0.05, 0.1) is 22.2 Å². The zero-order valence-electron chi connectivity index (χ0n) is 38.6. The van der Waals surface area contributed by atoms with Gasteiger partial charge in [-0.2, -0.15) is 0 Å². The quantitative estimate of drug-likeness (QED) is 0.165. The number of hydrogen-bond acceptors (Lipinski definition) is 3. The highest BCUT2D eigenvalue weighted by Gasteiger charge is 2.52. The summed E-state index contributed by atoms with van der Waals surface area (Å²) in [6, 6.07) is 96.7. The van der Waals surface area contributed by atoms with E-state index in [-0.39, 0.29) is 0 Å². The Balaban J connectivity index is 1.11. The first-order chi connectivity index (χ1) is 35.2. The van der Waals surface area contributed by atoms with E-state index in [2.05, 4.69) is 266 Å². The van der Waals surface area contributed by atoms with Gasteiger partial charge in [-0.3, -0.25) is 0 Å². The molecule has 1 aliphatic heterocycles. The molecule has 15 rings (SSSR count). The number of nitrogens with zero attached hydrogens (tertiary/aromatic N) is 1. The molecular formula is C68H43NOS. The summed E-state index contributed by atoms with van der Waals surface area (Å²) in [5, 5.41) is 2.49. The van der Waals surface area contributed by atoms with Crippen molar-refractivity contribution >= 4 is 48.6 Å². The Morgan fingerprint density at radius 3 is 1.58 bits per heavy atom. The molecule has 0 unspecified atom stereocenters.